The van der Waals surface area contributed by atoms with E-state index in [9.17, 15) is 0 Å². The first-order chi connectivity index (χ1) is 8.79. The summed E-state index contributed by atoms with van der Waals surface area (Å²) in [4.78, 5) is 7.20. The second kappa shape index (κ2) is 6.86. The highest BCUT2D eigenvalue weighted by Crippen LogP contribution is 2.24. The summed E-state index contributed by atoms with van der Waals surface area (Å²) >= 11 is 0. The molecule has 0 unspecified atom stereocenters. The molecular weight excluding hydrogens is 222 g/mol. The Labute approximate surface area is 110 Å². The number of rotatable bonds is 6. The number of hydrogen-bond acceptors (Lipinski definition) is 3. The number of pyridine rings is 1. The quantitative estimate of drug-likeness (QED) is 0.839. The van der Waals surface area contributed by atoms with Gasteiger partial charge in [0, 0.05) is 24.8 Å². The zero-order valence-electron chi connectivity index (χ0n) is 11.4. The zero-order valence-corrected chi connectivity index (χ0v) is 11.4. The highest BCUT2D eigenvalue weighted by Gasteiger charge is 2.22. The molecule has 0 amide bonds. The molecule has 18 heavy (non-hydrogen) atoms. The largest absolute Gasteiger partial charge is 0.330 e. The summed E-state index contributed by atoms with van der Waals surface area (Å²) < 4.78 is 0. The molecule has 0 radical (unpaired) electrons. The first-order valence-electron chi connectivity index (χ1n) is 7.16. The van der Waals surface area contributed by atoms with Gasteiger partial charge in [0.25, 0.3) is 0 Å². The molecule has 1 aliphatic carbocycles. The fourth-order valence-electron chi connectivity index (χ4n) is 2.85. The van der Waals surface area contributed by atoms with E-state index in [0.29, 0.717) is 0 Å². The van der Waals surface area contributed by atoms with Gasteiger partial charge in [-0.25, -0.2) is 0 Å². The second-order valence-electron chi connectivity index (χ2n) is 5.32. The van der Waals surface area contributed by atoms with Gasteiger partial charge in [0.1, 0.15) is 0 Å². The Morgan fingerprint density at radius 3 is 2.78 bits per heavy atom. The van der Waals surface area contributed by atoms with E-state index in [2.05, 4.69) is 35.0 Å². The average Bonchev–Trinajstić information content (AvgIpc) is 2.88. The van der Waals surface area contributed by atoms with Crippen molar-refractivity contribution in [3.63, 3.8) is 0 Å². The highest BCUT2D eigenvalue weighted by molar-refractivity contribution is 5.10. The van der Waals surface area contributed by atoms with E-state index in [4.69, 9.17) is 5.73 Å². The second-order valence-corrected chi connectivity index (χ2v) is 5.32. The molecule has 0 bridgehead atoms. The zero-order chi connectivity index (χ0) is 12.8. The summed E-state index contributed by atoms with van der Waals surface area (Å²) in [6.45, 7) is 4.93. The third kappa shape index (κ3) is 3.79. The van der Waals surface area contributed by atoms with Crippen molar-refractivity contribution in [3.05, 3.63) is 29.6 Å². The minimum absolute atomic E-state index is 0.749. The maximum absolute atomic E-state index is 5.65. The van der Waals surface area contributed by atoms with Crippen molar-refractivity contribution >= 4 is 0 Å². The van der Waals surface area contributed by atoms with Crippen LogP contribution in [0.1, 0.15) is 43.5 Å². The fourth-order valence-corrected chi connectivity index (χ4v) is 2.85. The van der Waals surface area contributed by atoms with E-state index in [1.54, 1.807) is 0 Å². The standard InChI is InChI=1S/C15H25N3/c1-13-6-4-7-14(17-13)12-18(11-5-10-16)15-8-2-3-9-15/h4,6-7,15H,2-3,5,8-12,16H2,1H3. The molecule has 2 rings (SSSR count). The third-order valence-corrected chi connectivity index (χ3v) is 3.80. The van der Waals surface area contributed by atoms with Crippen molar-refractivity contribution in [2.75, 3.05) is 13.1 Å². The van der Waals surface area contributed by atoms with Crippen molar-refractivity contribution in [1.29, 1.82) is 0 Å². The molecule has 1 fully saturated rings. The predicted molar refractivity (Wildman–Crippen MR) is 75.3 cm³/mol. The molecule has 2 N–H and O–H groups in total. The average molecular weight is 247 g/mol. The van der Waals surface area contributed by atoms with Crippen LogP contribution in [0.5, 0.6) is 0 Å². The first kappa shape index (κ1) is 13.5. The Bertz CT molecular complexity index is 359. The van der Waals surface area contributed by atoms with Gasteiger partial charge in [0.05, 0.1) is 5.69 Å². The molecule has 0 aliphatic heterocycles. The Morgan fingerprint density at radius 1 is 1.33 bits per heavy atom. The Morgan fingerprint density at radius 2 is 2.11 bits per heavy atom. The van der Waals surface area contributed by atoms with Gasteiger partial charge in [-0.1, -0.05) is 18.9 Å². The van der Waals surface area contributed by atoms with Crippen molar-refractivity contribution in [1.82, 2.24) is 9.88 Å². The molecule has 1 aliphatic rings. The number of aryl methyl sites for hydroxylation is 1. The SMILES string of the molecule is Cc1cccc(CN(CCCN)C2CCCC2)n1. The topological polar surface area (TPSA) is 42.1 Å². The summed E-state index contributed by atoms with van der Waals surface area (Å²) in [5, 5.41) is 0. The molecule has 0 atom stereocenters. The van der Waals surface area contributed by atoms with E-state index in [1.165, 1.54) is 31.4 Å². The van der Waals surface area contributed by atoms with Crippen LogP contribution >= 0.6 is 0 Å². The summed E-state index contributed by atoms with van der Waals surface area (Å²) in [6.07, 6.45) is 6.53. The van der Waals surface area contributed by atoms with E-state index >= 15 is 0 Å². The maximum atomic E-state index is 5.65. The summed E-state index contributed by atoms with van der Waals surface area (Å²) in [5.74, 6) is 0. The molecule has 0 spiro atoms. The highest BCUT2D eigenvalue weighted by atomic mass is 15.2. The number of nitrogens with two attached hydrogens (primary N) is 1. The van der Waals surface area contributed by atoms with Gasteiger partial charge in [-0.2, -0.15) is 0 Å². The van der Waals surface area contributed by atoms with Crippen LogP contribution in [0, 0.1) is 6.92 Å². The Balaban J connectivity index is 1.99. The van der Waals surface area contributed by atoms with Gasteiger partial charge in [-0.3, -0.25) is 9.88 Å². The monoisotopic (exact) mass is 247 g/mol. The summed E-state index contributed by atoms with van der Waals surface area (Å²) in [7, 11) is 0. The lowest BCUT2D eigenvalue weighted by molar-refractivity contribution is 0.186. The van der Waals surface area contributed by atoms with Crippen molar-refractivity contribution in [3.8, 4) is 0 Å². The van der Waals surface area contributed by atoms with Gasteiger partial charge in [0.2, 0.25) is 0 Å². The molecule has 100 valence electrons. The Hall–Kier alpha value is -0.930. The first-order valence-corrected chi connectivity index (χ1v) is 7.16. The van der Waals surface area contributed by atoms with Crippen molar-refractivity contribution in [2.24, 2.45) is 5.73 Å². The normalized spacial score (nSPS) is 16.6. The lowest BCUT2D eigenvalue weighted by atomic mass is 10.2. The fraction of sp³-hybridized carbons (Fsp3) is 0.667. The predicted octanol–water partition coefficient (Wildman–Crippen LogP) is 2.48. The van der Waals surface area contributed by atoms with E-state index < -0.39 is 0 Å². The van der Waals surface area contributed by atoms with Crippen LogP contribution < -0.4 is 5.73 Å². The molecule has 1 heterocycles. The summed E-state index contributed by atoms with van der Waals surface area (Å²) in [5.41, 5.74) is 7.95. The number of hydrogen-bond donors (Lipinski definition) is 1. The van der Waals surface area contributed by atoms with E-state index in [0.717, 1.165) is 37.8 Å². The van der Waals surface area contributed by atoms with Crippen LogP contribution in [-0.4, -0.2) is 29.0 Å². The third-order valence-electron chi connectivity index (χ3n) is 3.80. The molecule has 1 aromatic heterocycles. The van der Waals surface area contributed by atoms with Gasteiger partial charge < -0.3 is 5.73 Å². The van der Waals surface area contributed by atoms with Crippen LogP contribution in [0.25, 0.3) is 0 Å². The van der Waals surface area contributed by atoms with Crippen molar-refractivity contribution in [2.45, 2.75) is 51.6 Å². The van der Waals surface area contributed by atoms with Gasteiger partial charge in [-0.05, 0) is 44.9 Å². The van der Waals surface area contributed by atoms with Gasteiger partial charge in [0.15, 0.2) is 0 Å². The van der Waals surface area contributed by atoms with Crippen molar-refractivity contribution < 1.29 is 0 Å². The van der Waals surface area contributed by atoms with E-state index in [-0.39, 0.29) is 0 Å². The van der Waals surface area contributed by atoms with Gasteiger partial charge >= 0.3 is 0 Å². The van der Waals surface area contributed by atoms with Gasteiger partial charge in [-0.15, -0.1) is 0 Å². The van der Waals surface area contributed by atoms with Crippen LogP contribution in [0.4, 0.5) is 0 Å². The minimum atomic E-state index is 0.749. The van der Waals surface area contributed by atoms with Crippen LogP contribution in [0.3, 0.4) is 0 Å². The molecule has 3 nitrogen and oxygen atoms in total. The molecule has 3 heteroatoms. The molecular formula is C15H25N3. The molecule has 1 aromatic rings. The Kier molecular flexibility index (Phi) is 5.14. The van der Waals surface area contributed by atoms with Crippen LogP contribution in [0.15, 0.2) is 18.2 Å². The van der Waals surface area contributed by atoms with E-state index in [1.807, 2.05) is 0 Å². The molecule has 0 saturated heterocycles. The molecule has 0 aromatic carbocycles. The summed E-state index contributed by atoms with van der Waals surface area (Å²) in [6, 6.07) is 7.05. The lowest BCUT2D eigenvalue weighted by Crippen LogP contribution is -2.34. The minimum Gasteiger partial charge on any atom is -0.330 e. The van der Waals surface area contributed by atoms with Crippen LogP contribution in [-0.2, 0) is 6.54 Å². The smallest absolute Gasteiger partial charge is 0.0547 e. The number of aromatic nitrogens is 1. The van der Waals surface area contributed by atoms with Crippen LogP contribution in [0.2, 0.25) is 0 Å². The number of nitrogens with zero attached hydrogens (tertiary/aromatic N) is 2. The lowest BCUT2D eigenvalue weighted by Gasteiger charge is -2.28. The maximum Gasteiger partial charge on any atom is 0.0547 e. The molecule has 1 saturated carbocycles.